The highest BCUT2D eigenvalue weighted by atomic mass is 35.5. The van der Waals surface area contributed by atoms with Gasteiger partial charge in [0.05, 0.1) is 16.2 Å². The van der Waals surface area contributed by atoms with Crippen LogP contribution in [0.4, 0.5) is 0 Å². The standard InChI is InChI=1S/C17H16ClN3O2.ClH/c1-10(19)13-6-11-7-14(18)16(8-15(11)21-17(13)22)23-9-12-4-2-3-5-20-12;/h2-8,10H,9,19H2,1H3,(H,21,22);1H/t10-;/m0./s1. The molecule has 0 unspecified atom stereocenters. The second-order valence-electron chi connectivity index (χ2n) is 5.32. The van der Waals surface area contributed by atoms with Crippen molar-refractivity contribution in [2.75, 3.05) is 0 Å². The fourth-order valence-electron chi connectivity index (χ4n) is 2.31. The zero-order valence-corrected chi connectivity index (χ0v) is 14.5. The summed E-state index contributed by atoms with van der Waals surface area (Å²) in [6, 6.07) is 10.5. The molecule has 2 heterocycles. The zero-order chi connectivity index (χ0) is 16.4. The van der Waals surface area contributed by atoms with Gasteiger partial charge in [-0.05, 0) is 31.2 Å². The maximum absolute atomic E-state index is 12.0. The van der Waals surface area contributed by atoms with Gasteiger partial charge in [-0.2, -0.15) is 0 Å². The van der Waals surface area contributed by atoms with Crippen molar-refractivity contribution in [1.29, 1.82) is 0 Å². The first kappa shape index (κ1) is 18.3. The molecule has 0 spiro atoms. The largest absolute Gasteiger partial charge is 0.486 e. The molecule has 3 aromatic rings. The minimum absolute atomic E-state index is 0. The van der Waals surface area contributed by atoms with Gasteiger partial charge in [-0.1, -0.05) is 17.7 Å². The molecule has 7 heteroatoms. The third-order valence-corrected chi connectivity index (χ3v) is 3.81. The summed E-state index contributed by atoms with van der Waals surface area (Å²) in [5.41, 5.74) is 7.57. The van der Waals surface area contributed by atoms with Gasteiger partial charge < -0.3 is 15.5 Å². The summed E-state index contributed by atoms with van der Waals surface area (Å²) in [7, 11) is 0. The Morgan fingerprint density at radius 2 is 2.12 bits per heavy atom. The van der Waals surface area contributed by atoms with Crippen LogP contribution in [0.1, 0.15) is 24.2 Å². The molecule has 2 aromatic heterocycles. The fraction of sp³-hybridized carbons (Fsp3) is 0.176. The Kier molecular flexibility index (Phi) is 5.83. The average Bonchev–Trinajstić information content (AvgIpc) is 2.53. The van der Waals surface area contributed by atoms with Gasteiger partial charge in [0.15, 0.2) is 0 Å². The molecule has 24 heavy (non-hydrogen) atoms. The van der Waals surface area contributed by atoms with Gasteiger partial charge in [0.2, 0.25) is 0 Å². The molecule has 126 valence electrons. The lowest BCUT2D eigenvalue weighted by atomic mass is 10.1. The van der Waals surface area contributed by atoms with Gasteiger partial charge in [0.25, 0.3) is 5.56 Å². The first-order valence-corrected chi connectivity index (χ1v) is 7.57. The number of benzene rings is 1. The van der Waals surface area contributed by atoms with Gasteiger partial charge in [-0.3, -0.25) is 9.78 Å². The summed E-state index contributed by atoms with van der Waals surface area (Å²) in [5, 5.41) is 1.28. The molecule has 0 amide bonds. The topological polar surface area (TPSA) is 81.0 Å². The van der Waals surface area contributed by atoms with Crippen molar-refractivity contribution in [2.45, 2.75) is 19.6 Å². The SMILES string of the molecule is C[C@H](N)c1cc2cc(Cl)c(OCc3ccccn3)cc2[nH]c1=O.Cl. The summed E-state index contributed by atoms with van der Waals surface area (Å²) in [6.07, 6.45) is 1.70. The number of pyridine rings is 2. The molecule has 0 saturated carbocycles. The van der Waals surface area contributed by atoms with Crippen LogP contribution in [0.2, 0.25) is 5.02 Å². The van der Waals surface area contributed by atoms with Crippen molar-refractivity contribution in [3.8, 4) is 5.75 Å². The van der Waals surface area contributed by atoms with E-state index in [-0.39, 0.29) is 24.0 Å². The van der Waals surface area contributed by atoms with Crippen LogP contribution >= 0.6 is 24.0 Å². The van der Waals surface area contributed by atoms with Crippen LogP contribution in [0.15, 0.2) is 47.4 Å². The number of H-pyrrole nitrogens is 1. The number of aromatic nitrogens is 2. The van der Waals surface area contributed by atoms with Crippen LogP contribution < -0.4 is 16.0 Å². The Balaban J connectivity index is 0.00000208. The molecule has 1 atom stereocenters. The van der Waals surface area contributed by atoms with E-state index in [9.17, 15) is 4.79 Å². The molecule has 1 aromatic carbocycles. The number of rotatable bonds is 4. The van der Waals surface area contributed by atoms with Gasteiger partial charge >= 0.3 is 0 Å². The average molecular weight is 366 g/mol. The molecule has 0 aliphatic heterocycles. The lowest BCUT2D eigenvalue weighted by Gasteiger charge is -2.11. The Morgan fingerprint density at radius 3 is 2.79 bits per heavy atom. The number of nitrogens with two attached hydrogens (primary N) is 1. The third kappa shape index (κ3) is 3.87. The summed E-state index contributed by atoms with van der Waals surface area (Å²) in [5.74, 6) is 0.494. The molecule has 3 N–H and O–H groups in total. The highest BCUT2D eigenvalue weighted by Crippen LogP contribution is 2.30. The number of fused-ring (bicyclic) bond motifs is 1. The summed E-state index contributed by atoms with van der Waals surface area (Å²) in [4.78, 5) is 19.0. The molecular formula is C17H17Cl2N3O2. The molecule has 0 fully saturated rings. The number of ether oxygens (including phenoxy) is 1. The number of aromatic amines is 1. The van der Waals surface area contributed by atoms with Crippen molar-refractivity contribution in [3.05, 3.63) is 69.2 Å². The first-order chi connectivity index (χ1) is 11.0. The second-order valence-corrected chi connectivity index (χ2v) is 5.73. The van der Waals surface area contributed by atoms with Crippen LogP contribution in [-0.4, -0.2) is 9.97 Å². The quantitative estimate of drug-likeness (QED) is 0.739. The predicted octanol–water partition coefficient (Wildman–Crippen LogP) is 3.60. The summed E-state index contributed by atoms with van der Waals surface area (Å²) in [6.45, 7) is 2.07. The van der Waals surface area contributed by atoms with E-state index in [1.807, 2.05) is 18.2 Å². The number of nitrogens with zero attached hydrogens (tertiary/aromatic N) is 1. The smallest absolute Gasteiger partial charge is 0.253 e. The Morgan fingerprint density at radius 1 is 1.33 bits per heavy atom. The molecule has 0 radical (unpaired) electrons. The number of hydrogen-bond acceptors (Lipinski definition) is 4. The van der Waals surface area contributed by atoms with E-state index in [1.165, 1.54) is 0 Å². The molecule has 0 bridgehead atoms. The number of halogens is 2. The van der Waals surface area contributed by atoms with E-state index >= 15 is 0 Å². The third-order valence-electron chi connectivity index (χ3n) is 3.52. The van der Waals surface area contributed by atoms with E-state index in [0.29, 0.717) is 28.5 Å². The van der Waals surface area contributed by atoms with Crippen molar-refractivity contribution < 1.29 is 4.74 Å². The minimum Gasteiger partial charge on any atom is -0.486 e. The summed E-state index contributed by atoms with van der Waals surface area (Å²) < 4.78 is 5.71. The molecule has 0 saturated heterocycles. The Hall–Kier alpha value is -2.08. The van der Waals surface area contributed by atoms with E-state index in [0.717, 1.165) is 11.1 Å². The van der Waals surface area contributed by atoms with Crippen LogP contribution in [0.25, 0.3) is 10.9 Å². The van der Waals surface area contributed by atoms with E-state index in [1.54, 1.807) is 31.3 Å². The van der Waals surface area contributed by atoms with E-state index < -0.39 is 0 Å². The molecule has 0 aliphatic carbocycles. The second kappa shape index (κ2) is 7.66. The normalized spacial score (nSPS) is 11.8. The van der Waals surface area contributed by atoms with Gasteiger partial charge in [-0.25, -0.2) is 0 Å². The highest BCUT2D eigenvalue weighted by molar-refractivity contribution is 6.32. The van der Waals surface area contributed by atoms with Gasteiger partial charge in [0.1, 0.15) is 12.4 Å². The Labute approximate surface area is 150 Å². The Bertz CT molecular complexity index is 895. The van der Waals surface area contributed by atoms with E-state index in [2.05, 4.69) is 9.97 Å². The molecule has 0 aliphatic rings. The molecular weight excluding hydrogens is 349 g/mol. The molecule has 3 rings (SSSR count). The monoisotopic (exact) mass is 365 g/mol. The van der Waals surface area contributed by atoms with Crippen LogP contribution in [0.5, 0.6) is 5.75 Å². The van der Waals surface area contributed by atoms with Crippen molar-refractivity contribution in [3.63, 3.8) is 0 Å². The van der Waals surface area contributed by atoms with Gasteiger partial charge in [0, 0.05) is 29.3 Å². The lowest BCUT2D eigenvalue weighted by molar-refractivity contribution is 0.302. The van der Waals surface area contributed by atoms with Crippen LogP contribution in [0.3, 0.4) is 0 Å². The lowest BCUT2D eigenvalue weighted by Crippen LogP contribution is -2.19. The summed E-state index contributed by atoms with van der Waals surface area (Å²) >= 11 is 6.27. The van der Waals surface area contributed by atoms with E-state index in [4.69, 9.17) is 22.1 Å². The predicted molar refractivity (Wildman–Crippen MR) is 98.0 cm³/mol. The van der Waals surface area contributed by atoms with Crippen LogP contribution in [0, 0.1) is 0 Å². The molecule has 5 nitrogen and oxygen atoms in total. The van der Waals surface area contributed by atoms with Crippen molar-refractivity contribution in [1.82, 2.24) is 9.97 Å². The highest BCUT2D eigenvalue weighted by Gasteiger charge is 2.10. The maximum Gasteiger partial charge on any atom is 0.253 e. The first-order valence-electron chi connectivity index (χ1n) is 7.19. The van der Waals surface area contributed by atoms with Gasteiger partial charge in [-0.15, -0.1) is 12.4 Å². The zero-order valence-electron chi connectivity index (χ0n) is 13.0. The number of hydrogen-bond donors (Lipinski definition) is 2. The maximum atomic E-state index is 12.0. The number of nitrogens with one attached hydrogen (secondary N) is 1. The fourth-order valence-corrected chi connectivity index (χ4v) is 2.53. The van der Waals surface area contributed by atoms with Crippen molar-refractivity contribution in [2.24, 2.45) is 5.73 Å². The van der Waals surface area contributed by atoms with Crippen molar-refractivity contribution >= 4 is 34.9 Å². The minimum atomic E-state index is -0.345. The van der Waals surface area contributed by atoms with Crippen LogP contribution in [-0.2, 0) is 6.61 Å².